The molecule has 1 saturated carbocycles. The third-order valence-corrected chi connectivity index (χ3v) is 4.76. The summed E-state index contributed by atoms with van der Waals surface area (Å²) in [5.74, 6) is -0.657. The zero-order chi connectivity index (χ0) is 14.6. The zero-order valence-electron chi connectivity index (χ0n) is 12.4. The molecule has 0 aromatic carbocycles. The lowest BCUT2D eigenvalue weighted by molar-refractivity contribution is -0.138. The Morgan fingerprint density at radius 3 is 2.65 bits per heavy atom. The van der Waals surface area contributed by atoms with Crippen molar-refractivity contribution in [2.45, 2.75) is 51.9 Å². The van der Waals surface area contributed by atoms with Crippen LogP contribution in [0.1, 0.15) is 51.9 Å². The van der Waals surface area contributed by atoms with Crippen LogP contribution in [0.3, 0.4) is 0 Å². The maximum absolute atomic E-state index is 12.1. The van der Waals surface area contributed by atoms with E-state index < -0.39 is 5.97 Å². The molecule has 1 saturated heterocycles. The molecular weight excluding hydrogens is 256 g/mol. The van der Waals surface area contributed by atoms with E-state index in [1.165, 1.54) is 32.1 Å². The molecule has 1 unspecified atom stereocenters. The number of likely N-dealkylation sites (tertiary alicyclic amines) is 1. The molecule has 0 aromatic heterocycles. The first-order valence-electron chi connectivity index (χ1n) is 7.73. The Hall–Kier alpha value is -1.26. The van der Waals surface area contributed by atoms with Gasteiger partial charge in [0.05, 0.1) is 0 Å². The summed E-state index contributed by atoms with van der Waals surface area (Å²) >= 11 is 0. The Balaban J connectivity index is 1.74. The van der Waals surface area contributed by atoms with Gasteiger partial charge in [0.2, 0.25) is 0 Å². The molecule has 2 N–H and O–H groups in total. The maximum atomic E-state index is 12.1. The molecule has 2 amide bonds. The smallest absolute Gasteiger partial charge is 0.317 e. The first-order chi connectivity index (χ1) is 9.48. The number of aliphatic carboxylic acids is 1. The zero-order valence-corrected chi connectivity index (χ0v) is 12.4. The minimum absolute atomic E-state index is 0.0234. The van der Waals surface area contributed by atoms with E-state index in [0.29, 0.717) is 13.1 Å². The second-order valence-corrected chi connectivity index (χ2v) is 6.73. The van der Waals surface area contributed by atoms with Gasteiger partial charge in [0.1, 0.15) is 0 Å². The molecular formula is C15H26N2O3. The topological polar surface area (TPSA) is 69.6 Å². The standard InChI is InChI=1S/C15H26N2O3/c1-15(6-3-2-4-7-15)11-16-14(20)17-8-5-12(10-17)9-13(18)19/h12H,2-11H2,1H3,(H,16,20)(H,18,19). The summed E-state index contributed by atoms with van der Waals surface area (Å²) in [5, 5.41) is 11.8. The van der Waals surface area contributed by atoms with Crippen LogP contribution >= 0.6 is 0 Å². The van der Waals surface area contributed by atoms with Crippen molar-refractivity contribution in [2.24, 2.45) is 11.3 Å². The summed E-state index contributed by atoms with van der Waals surface area (Å²) in [5.41, 5.74) is 0.244. The van der Waals surface area contributed by atoms with Crippen LogP contribution in [0, 0.1) is 11.3 Å². The Labute approximate surface area is 120 Å². The Bertz CT molecular complexity index is 364. The molecule has 0 aromatic rings. The van der Waals surface area contributed by atoms with Gasteiger partial charge in [0.25, 0.3) is 0 Å². The number of rotatable bonds is 4. The Morgan fingerprint density at radius 1 is 1.30 bits per heavy atom. The van der Waals surface area contributed by atoms with Crippen LogP contribution in [-0.4, -0.2) is 41.6 Å². The first kappa shape index (κ1) is 15.1. The maximum Gasteiger partial charge on any atom is 0.317 e. The van der Waals surface area contributed by atoms with Crippen molar-refractivity contribution in [3.8, 4) is 0 Å². The van der Waals surface area contributed by atoms with Crippen molar-refractivity contribution in [3.63, 3.8) is 0 Å². The van der Waals surface area contributed by atoms with E-state index in [9.17, 15) is 9.59 Å². The summed E-state index contributed by atoms with van der Waals surface area (Å²) in [7, 11) is 0. The number of carboxylic acid groups (broad SMARTS) is 1. The normalized spacial score (nSPS) is 25.4. The molecule has 5 heteroatoms. The quantitative estimate of drug-likeness (QED) is 0.832. The lowest BCUT2D eigenvalue weighted by atomic mass is 9.76. The van der Waals surface area contributed by atoms with Gasteiger partial charge >= 0.3 is 12.0 Å². The van der Waals surface area contributed by atoms with E-state index in [0.717, 1.165) is 13.0 Å². The molecule has 2 rings (SSSR count). The van der Waals surface area contributed by atoms with Crippen molar-refractivity contribution in [1.82, 2.24) is 10.2 Å². The molecule has 1 atom stereocenters. The van der Waals surface area contributed by atoms with E-state index >= 15 is 0 Å². The number of hydrogen-bond donors (Lipinski definition) is 2. The lowest BCUT2D eigenvalue weighted by Crippen LogP contribution is -2.43. The van der Waals surface area contributed by atoms with E-state index in [-0.39, 0.29) is 23.8 Å². The predicted molar refractivity (Wildman–Crippen MR) is 76.5 cm³/mol. The van der Waals surface area contributed by atoms with Crippen LogP contribution < -0.4 is 5.32 Å². The van der Waals surface area contributed by atoms with Crippen LogP contribution in [0.4, 0.5) is 4.79 Å². The van der Waals surface area contributed by atoms with Crippen molar-refractivity contribution in [3.05, 3.63) is 0 Å². The fourth-order valence-corrected chi connectivity index (χ4v) is 3.41. The average molecular weight is 282 g/mol. The fourth-order valence-electron chi connectivity index (χ4n) is 3.41. The van der Waals surface area contributed by atoms with Crippen LogP contribution in [-0.2, 0) is 4.79 Å². The van der Waals surface area contributed by atoms with Gasteiger partial charge in [-0.05, 0) is 30.6 Å². The first-order valence-corrected chi connectivity index (χ1v) is 7.73. The SMILES string of the molecule is CC1(CNC(=O)N2CCC(CC(=O)O)C2)CCCCC1. The number of amides is 2. The van der Waals surface area contributed by atoms with Gasteiger partial charge in [-0.25, -0.2) is 4.79 Å². The summed E-state index contributed by atoms with van der Waals surface area (Å²) in [6.45, 7) is 4.25. The molecule has 2 fully saturated rings. The highest BCUT2D eigenvalue weighted by molar-refractivity contribution is 5.74. The summed E-state index contributed by atoms with van der Waals surface area (Å²) in [4.78, 5) is 24.6. The molecule has 114 valence electrons. The van der Waals surface area contributed by atoms with Gasteiger partial charge in [-0.15, -0.1) is 0 Å². The largest absolute Gasteiger partial charge is 0.481 e. The van der Waals surface area contributed by atoms with Crippen molar-refractivity contribution >= 4 is 12.0 Å². The van der Waals surface area contributed by atoms with Gasteiger partial charge in [-0.2, -0.15) is 0 Å². The van der Waals surface area contributed by atoms with Gasteiger partial charge in [0.15, 0.2) is 0 Å². The minimum Gasteiger partial charge on any atom is -0.481 e. The van der Waals surface area contributed by atoms with E-state index in [1.54, 1.807) is 4.90 Å². The second kappa shape index (κ2) is 6.46. The van der Waals surface area contributed by atoms with Crippen molar-refractivity contribution in [1.29, 1.82) is 0 Å². The summed E-state index contributed by atoms with van der Waals surface area (Å²) in [6.07, 6.45) is 7.18. The summed E-state index contributed by atoms with van der Waals surface area (Å²) < 4.78 is 0. The van der Waals surface area contributed by atoms with Crippen LogP contribution in [0.2, 0.25) is 0 Å². The number of urea groups is 1. The monoisotopic (exact) mass is 282 g/mol. The Kier molecular flexibility index (Phi) is 4.89. The molecule has 1 aliphatic heterocycles. The third-order valence-electron chi connectivity index (χ3n) is 4.76. The van der Waals surface area contributed by atoms with E-state index in [2.05, 4.69) is 12.2 Å². The van der Waals surface area contributed by atoms with E-state index in [1.807, 2.05) is 0 Å². The molecule has 20 heavy (non-hydrogen) atoms. The van der Waals surface area contributed by atoms with Gasteiger partial charge in [0, 0.05) is 26.1 Å². The van der Waals surface area contributed by atoms with Crippen molar-refractivity contribution < 1.29 is 14.7 Å². The van der Waals surface area contributed by atoms with Crippen molar-refractivity contribution in [2.75, 3.05) is 19.6 Å². The Morgan fingerprint density at radius 2 is 2.00 bits per heavy atom. The van der Waals surface area contributed by atoms with Gasteiger partial charge < -0.3 is 15.3 Å². The molecule has 0 radical (unpaired) electrons. The molecule has 2 aliphatic rings. The molecule has 0 spiro atoms. The van der Waals surface area contributed by atoms with Crippen LogP contribution in [0.25, 0.3) is 0 Å². The molecule has 1 aliphatic carbocycles. The highest BCUT2D eigenvalue weighted by atomic mass is 16.4. The number of carbonyl (C=O) groups excluding carboxylic acids is 1. The molecule has 1 heterocycles. The van der Waals surface area contributed by atoms with Gasteiger partial charge in [-0.1, -0.05) is 26.2 Å². The summed E-state index contributed by atoms with van der Waals surface area (Å²) in [6, 6.07) is -0.0234. The number of carbonyl (C=O) groups is 2. The number of hydrogen-bond acceptors (Lipinski definition) is 2. The lowest BCUT2D eigenvalue weighted by Gasteiger charge is -2.34. The number of nitrogens with zero attached hydrogens (tertiary/aromatic N) is 1. The second-order valence-electron chi connectivity index (χ2n) is 6.73. The molecule has 0 bridgehead atoms. The number of carboxylic acids is 1. The highest BCUT2D eigenvalue weighted by Crippen LogP contribution is 2.35. The van der Waals surface area contributed by atoms with E-state index in [4.69, 9.17) is 5.11 Å². The average Bonchev–Trinajstić information content (AvgIpc) is 2.85. The van der Waals surface area contributed by atoms with Gasteiger partial charge in [-0.3, -0.25) is 4.79 Å². The third kappa shape index (κ3) is 4.12. The highest BCUT2D eigenvalue weighted by Gasteiger charge is 2.30. The fraction of sp³-hybridized carbons (Fsp3) is 0.867. The van der Waals surface area contributed by atoms with Crippen LogP contribution in [0.15, 0.2) is 0 Å². The molecule has 5 nitrogen and oxygen atoms in total. The number of nitrogens with one attached hydrogen (secondary N) is 1. The predicted octanol–water partition coefficient (Wildman–Crippen LogP) is 2.46. The van der Waals surface area contributed by atoms with Crippen LogP contribution in [0.5, 0.6) is 0 Å². The minimum atomic E-state index is -0.771.